The fraction of sp³-hybridized carbons (Fsp3) is 0.440. The SMILES string of the molecule is CCN(C(=O)c1ccc([C@](C)(O)C(F)(F)F)cc1)C1CCC(c2ccc(C(=O)O)cc2)CC1. The maximum atomic E-state index is 13.1. The predicted molar refractivity (Wildman–Crippen MR) is 117 cm³/mol. The minimum Gasteiger partial charge on any atom is -0.478 e. The summed E-state index contributed by atoms with van der Waals surface area (Å²) in [5.74, 6) is -0.913. The van der Waals surface area contributed by atoms with Crippen LogP contribution >= 0.6 is 0 Å². The first-order valence-electron chi connectivity index (χ1n) is 11.0. The van der Waals surface area contributed by atoms with E-state index in [0.717, 1.165) is 43.4 Å². The second-order valence-electron chi connectivity index (χ2n) is 8.67. The Balaban J connectivity index is 1.66. The van der Waals surface area contributed by atoms with E-state index in [1.165, 1.54) is 12.1 Å². The number of aromatic carboxylic acids is 1. The van der Waals surface area contributed by atoms with Gasteiger partial charge in [0.05, 0.1) is 5.56 Å². The largest absolute Gasteiger partial charge is 0.478 e. The van der Waals surface area contributed by atoms with E-state index >= 15 is 0 Å². The molecule has 1 amide bonds. The molecule has 0 saturated heterocycles. The van der Waals surface area contributed by atoms with Crippen molar-refractivity contribution in [3.8, 4) is 0 Å². The van der Waals surface area contributed by atoms with Gasteiger partial charge in [-0.25, -0.2) is 4.79 Å². The molecule has 1 aliphatic carbocycles. The number of carboxylic acid groups (broad SMARTS) is 1. The maximum Gasteiger partial charge on any atom is 0.421 e. The minimum atomic E-state index is -4.82. The second kappa shape index (κ2) is 9.55. The van der Waals surface area contributed by atoms with E-state index in [4.69, 9.17) is 5.11 Å². The van der Waals surface area contributed by atoms with Crippen molar-refractivity contribution in [2.24, 2.45) is 0 Å². The molecule has 0 aromatic heterocycles. The molecule has 1 aliphatic rings. The summed E-state index contributed by atoms with van der Waals surface area (Å²) in [5.41, 5.74) is -1.69. The molecular formula is C25H28F3NO4. The number of aliphatic hydroxyl groups is 1. The smallest absolute Gasteiger partial charge is 0.421 e. The average Bonchev–Trinajstić information content (AvgIpc) is 2.79. The van der Waals surface area contributed by atoms with Gasteiger partial charge in [0, 0.05) is 18.2 Å². The van der Waals surface area contributed by atoms with E-state index in [0.29, 0.717) is 19.4 Å². The Kier molecular flexibility index (Phi) is 7.17. The van der Waals surface area contributed by atoms with E-state index in [2.05, 4.69) is 0 Å². The van der Waals surface area contributed by atoms with Crippen molar-refractivity contribution in [1.29, 1.82) is 0 Å². The van der Waals surface area contributed by atoms with E-state index in [-0.39, 0.29) is 28.6 Å². The zero-order valence-electron chi connectivity index (χ0n) is 18.6. The third-order valence-corrected chi connectivity index (χ3v) is 6.61. The van der Waals surface area contributed by atoms with Crippen molar-refractivity contribution >= 4 is 11.9 Å². The van der Waals surface area contributed by atoms with Crippen molar-refractivity contribution in [2.45, 2.75) is 63.3 Å². The van der Waals surface area contributed by atoms with Crippen LogP contribution in [-0.2, 0) is 5.60 Å². The average molecular weight is 463 g/mol. The fourth-order valence-corrected chi connectivity index (χ4v) is 4.45. The summed E-state index contributed by atoms with van der Waals surface area (Å²) in [6.07, 6.45) is -1.54. The summed E-state index contributed by atoms with van der Waals surface area (Å²) in [5, 5.41) is 18.9. The molecule has 0 aliphatic heterocycles. The Labute approximate surface area is 190 Å². The summed E-state index contributed by atoms with van der Waals surface area (Å²) in [4.78, 5) is 25.9. The molecule has 0 bridgehead atoms. The molecule has 0 spiro atoms. The van der Waals surface area contributed by atoms with Gasteiger partial charge in [-0.1, -0.05) is 24.3 Å². The van der Waals surface area contributed by atoms with Crippen LogP contribution in [0.5, 0.6) is 0 Å². The minimum absolute atomic E-state index is 0.0232. The molecule has 5 nitrogen and oxygen atoms in total. The van der Waals surface area contributed by atoms with E-state index in [9.17, 15) is 27.9 Å². The number of halogens is 3. The molecule has 2 aromatic carbocycles. The molecule has 8 heteroatoms. The van der Waals surface area contributed by atoms with Gasteiger partial charge in [0.25, 0.3) is 5.91 Å². The molecule has 33 heavy (non-hydrogen) atoms. The number of rotatable bonds is 6. The van der Waals surface area contributed by atoms with Gasteiger partial charge in [-0.2, -0.15) is 13.2 Å². The van der Waals surface area contributed by atoms with Gasteiger partial charge < -0.3 is 15.1 Å². The van der Waals surface area contributed by atoms with Crippen LogP contribution in [0.25, 0.3) is 0 Å². The molecule has 1 atom stereocenters. The Hall–Kier alpha value is -2.87. The van der Waals surface area contributed by atoms with Crippen LogP contribution in [0, 0.1) is 0 Å². The zero-order chi connectivity index (χ0) is 24.4. The Bertz CT molecular complexity index is 976. The molecule has 3 rings (SSSR count). The summed E-state index contributed by atoms with van der Waals surface area (Å²) >= 11 is 0. The van der Waals surface area contributed by atoms with Crippen molar-refractivity contribution in [2.75, 3.05) is 6.54 Å². The van der Waals surface area contributed by atoms with Gasteiger partial charge in [-0.05, 0) is 80.8 Å². The van der Waals surface area contributed by atoms with Crippen LogP contribution in [0.4, 0.5) is 13.2 Å². The highest BCUT2D eigenvalue weighted by atomic mass is 19.4. The lowest BCUT2D eigenvalue weighted by Gasteiger charge is -2.37. The molecule has 0 radical (unpaired) electrons. The van der Waals surface area contributed by atoms with Crippen LogP contribution < -0.4 is 0 Å². The number of alkyl halides is 3. The van der Waals surface area contributed by atoms with Crippen LogP contribution in [-0.4, -0.2) is 45.8 Å². The van der Waals surface area contributed by atoms with Crippen LogP contribution in [0.2, 0.25) is 0 Å². The fourth-order valence-electron chi connectivity index (χ4n) is 4.45. The molecule has 1 saturated carbocycles. The summed E-state index contributed by atoms with van der Waals surface area (Å²) in [6, 6.07) is 11.9. The van der Waals surface area contributed by atoms with Gasteiger partial charge in [0.1, 0.15) is 0 Å². The molecule has 1 fully saturated rings. The molecule has 2 aromatic rings. The summed E-state index contributed by atoms with van der Waals surface area (Å²) < 4.78 is 39.2. The number of hydrogen-bond acceptors (Lipinski definition) is 3. The third-order valence-electron chi connectivity index (χ3n) is 6.61. The van der Waals surface area contributed by atoms with Gasteiger partial charge in [0.15, 0.2) is 5.60 Å². The second-order valence-corrected chi connectivity index (χ2v) is 8.67. The van der Waals surface area contributed by atoms with E-state index < -0.39 is 17.7 Å². The van der Waals surface area contributed by atoms with Crippen molar-refractivity contribution in [3.63, 3.8) is 0 Å². The lowest BCUT2D eigenvalue weighted by atomic mass is 9.81. The standard InChI is InChI=1S/C25H28F3NO4/c1-3-29(22(30)18-8-12-20(13-9-18)24(2,33)25(26,27)28)21-14-10-17(11-15-21)16-4-6-19(7-5-16)23(31)32/h4-9,12-13,17,21,33H,3,10-11,14-15H2,1-2H3,(H,31,32)/t17?,21?,24-/m0/s1. The molecule has 2 N–H and O–H groups in total. The van der Waals surface area contributed by atoms with Crippen molar-refractivity contribution in [1.82, 2.24) is 4.90 Å². The highest BCUT2D eigenvalue weighted by Crippen LogP contribution is 2.39. The Morgan fingerprint density at radius 3 is 1.91 bits per heavy atom. The topological polar surface area (TPSA) is 77.8 Å². The number of carboxylic acids is 1. The monoisotopic (exact) mass is 463 g/mol. The number of nitrogens with zero attached hydrogens (tertiary/aromatic N) is 1. The Morgan fingerprint density at radius 1 is 0.939 bits per heavy atom. The summed E-state index contributed by atoms with van der Waals surface area (Å²) in [6.45, 7) is 3.04. The first-order chi connectivity index (χ1) is 15.5. The van der Waals surface area contributed by atoms with E-state index in [1.54, 1.807) is 17.0 Å². The quantitative estimate of drug-likeness (QED) is 0.606. The third kappa shape index (κ3) is 5.21. The molecular weight excluding hydrogens is 435 g/mol. The number of benzene rings is 2. The normalized spacial score (nSPS) is 20.7. The van der Waals surface area contributed by atoms with Crippen molar-refractivity contribution in [3.05, 3.63) is 70.8 Å². The Morgan fingerprint density at radius 2 is 1.45 bits per heavy atom. The van der Waals surface area contributed by atoms with Gasteiger partial charge >= 0.3 is 12.1 Å². The van der Waals surface area contributed by atoms with Crippen LogP contribution in [0.1, 0.15) is 77.3 Å². The molecule has 0 unspecified atom stereocenters. The van der Waals surface area contributed by atoms with Gasteiger partial charge in [-0.15, -0.1) is 0 Å². The first-order valence-corrected chi connectivity index (χ1v) is 11.0. The lowest BCUT2D eigenvalue weighted by Crippen LogP contribution is -2.42. The zero-order valence-corrected chi connectivity index (χ0v) is 18.6. The van der Waals surface area contributed by atoms with Crippen LogP contribution in [0.3, 0.4) is 0 Å². The van der Waals surface area contributed by atoms with E-state index in [1.807, 2.05) is 19.1 Å². The highest BCUT2D eigenvalue weighted by Gasteiger charge is 2.51. The molecule has 0 heterocycles. The highest BCUT2D eigenvalue weighted by molar-refractivity contribution is 5.94. The maximum absolute atomic E-state index is 13.1. The number of carbonyl (C=O) groups excluding carboxylic acids is 1. The first kappa shape index (κ1) is 24.8. The van der Waals surface area contributed by atoms with Gasteiger partial charge in [-0.3, -0.25) is 4.79 Å². The molecule has 178 valence electrons. The van der Waals surface area contributed by atoms with Crippen LogP contribution in [0.15, 0.2) is 48.5 Å². The van der Waals surface area contributed by atoms with Gasteiger partial charge in [0.2, 0.25) is 0 Å². The predicted octanol–water partition coefficient (Wildman–Crippen LogP) is 5.34. The van der Waals surface area contributed by atoms with Crippen molar-refractivity contribution < 1.29 is 33.0 Å². The number of hydrogen-bond donors (Lipinski definition) is 2. The summed E-state index contributed by atoms with van der Waals surface area (Å²) in [7, 11) is 0. The lowest BCUT2D eigenvalue weighted by molar-refractivity contribution is -0.258. The number of carbonyl (C=O) groups is 2. The number of amides is 1.